The second kappa shape index (κ2) is 13.2. The number of carboxylic acids is 1. The number of nitrogens with two attached hydrogens (primary N) is 1. The average molecular weight is 520 g/mol. The number of amides is 1. The van der Waals surface area contributed by atoms with Gasteiger partial charge in [-0.2, -0.15) is 0 Å². The van der Waals surface area contributed by atoms with Gasteiger partial charge < -0.3 is 20.7 Å². The van der Waals surface area contributed by atoms with Crippen LogP contribution in [0.5, 0.6) is 5.75 Å². The molecule has 36 heavy (non-hydrogen) atoms. The van der Waals surface area contributed by atoms with E-state index in [9.17, 15) is 14.7 Å². The van der Waals surface area contributed by atoms with Crippen LogP contribution in [-0.4, -0.2) is 34.8 Å². The summed E-state index contributed by atoms with van der Waals surface area (Å²) in [6, 6.07) is 8.38. The number of aliphatic carboxylic acids is 1. The number of primary amides is 1. The molecule has 0 saturated heterocycles. The van der Waals surface area contributed by atoms with Gasteiger partial charge in [0.2, 0.25) is 0 Å². The molecule has 0 fully saturated rings. The smallest absolute Gasteiger partial charge is 0.303 e. The van der Waals surface area contributed by atoms with Crippen LogP contribution in [-0.2, 0) is 10.2 Å². The molecule has 4 N–H and O–H groups in total. The molecule has 1 amide bonds. The van der Waals surface area contributed by atoms with Crippen molar-refractivity contribution < 1.29 is 24.5 Å². The molecule has 0 bridgehead atoms. The molecule has 1 atom stereocenters. The number of carboxylic acid groups (broad SMARTS) is 1. The van der Waals surface area contributed by atoms with Gasteiger partial charge in [0.25, 0.3) is 5.91 Å². The molecule has 1 aromatic carbocycles. The molecule has 0 aliphatic heterocycles. The zero-order valence-corrected chi connectivity index (χ0v) is 24.2. The number of ether oxygens (including phenoxy) is 1. The molecule has 1 aromatic heterocycles. The lowest BCUT2D eigenvalue weighted by Gasteiger charge is -2.32. The highest BCUT2D eigenvalue weighted by Gasteiger charge is 2.34. The fraction of sp³-hybridized carbons (Fsp3) is 0.586. The van der Waals surface area contributed by atoms with Crippen LogP contribution >= 0.6 is 11.3 Å². The van der Waals surface area contributed by atoms with Crippen LogP contribution in [0.1, 0.15) is 99.0 Å². The lowest BCUT2D eigenvalue weighted by molar-refractivity contribution is -0.137. The molecule has 2 rings (SSSR count). The van der Waals surface area contributed by atoms with Gasteiger partial charge in [0, 0.05) is 16.7 Å². The van der Waals surface area contributed by atoms with Crippen LogP contribution in [0.3, 0.4) is 0 Å². The maximum atomic E-state index is 11.8. The maximum Gasteiger partial charge on any atom is 0.303 e. The molecule has 1 heterocycles. The van der Waals surface area contributed by atoms with E-state index in [1.165, 1.54) is 21.8 Å². The molecule has 0 aliphatic carbocycles. The molecule has 0 radical (unpaired) electrons. The predicted molar refractivity (Wildman–Crippen MR) is 148 cm³/mol. The standard InChI is InChI=1S/C24H35NO3S.C5H10O2/c1-8-24(9-2,20-13-16(4)21(29-20)22(25)27)17-10-11-18(15(3)12-17)28-14-19(26)23(5,6)7;1-4(2)3-5(6)7/h10-13,19,26H,8-9,14H2,1-7H3,(H2,25,27);4H,3H2,1-2H3,(H,6,7). The van der Waals surface area contributed by atoms with E-state index in [2.05, 4.69) is 32.0 Å². The third kappa shape index (κ3) is 8.34. The third-order valence-corrected chi connectivity index (χ3v) is 7.98. The predicted octanol–water partition coefficient (Wildman–Crippen LogP) is 6.47. The highest BCUT2D eigenvalue weighted by Crippen LogP contribution is 2.44. The normalized spacial score (nSPS) is 12.6. The van der Waals surface area contributed by atoms with Crippen molar-refractivity contribution in [3.63, 3.8) is 0 Å². The number of hydrogen-bond donors (Lipinski definition) is 3. The topological polar surface area (TPSA) is 110 Å². The van der Waals surface area contributed by atoms with Crippen molar-refractivity contribution in [1.82, 2.24) is 0 Å². The van der Waals surface area contributed by atoms with Crippen LogP contribution in [0.2, 0.25) is 0 Å². The second-order valence-corrected chi connectivity index (χ2v) is 12.0. The molecule has 1 unspecified atom stereocenters. The maximum absolute atomic E-state index is 11.8. The number of aliphatic hydroxyl groups excluding tert-OH is 1. The van der Waals surface area contributed by atoms with Crippen molar-refractivity contribution in [3.8, 4) is 5.75 Å². The number of benzene rings is 1. The van der Waals surface area contributed by atoms with Crippen molar-refractivity contribution in [1.29, 1.82) is 0 Å². The van der Waals surface area contributed by atoms with Gasteiger partial charge in [-0.3, -0.25) is 9.59 Å². The number of rotatable bonds is 10. The Morgan fingerprint density at radius 1 is 1.06 bits per heavy atom. The first-order valence-corrected chi connectivity index (χ1v) is 13.4. The summed E-state index contributed by atoms with van der Waals surface area (Å²) in [5.41, 5.74) is 8.36. The minimum Gasteiger partial charge on any atom is -0.491 e. The van der Waals surface area contributed by atoms with Crippen molar-refractivity contribution in [2.24, 2.45) is 17.1 Å². The monoisotopic (exact) mass is 519 g/mol. The number of carbonyl (C=O) groups is 2. The zero-order valence-electron chi connectivity index (χ0n) is 23.4. The van der Waals surface area contributed by atoms with Crippen LogP contribution in [0.25, 0.3) is 0 Å². The Hall–Kier alpha value is -2.38. The van der Waals surface area contributed by atoms with Gasteiger partial charge in [0.05, 0.1) is 11.0 Å². The second-order valence-electron chi connectivity index (χ2n) is 10.9. The summed E-state index contributed by atoms with van der Waals surface area (Å²) in [5.74, 6) is -0.0111. The van der Waals surface area contributed by atoms with E-state index in [0.717, 1.165) is 29.7 Å². The van der Waals surface area contributed by atoms with Gasteiger partial charge in [0.15, 0.2) is 0 Å². The quantitative estimate of drug-likeness (QED) is 0.333. The van der Waals surface area contributed by atoms with Crippen molar-refractivity contribution in [3.05, 3.63) is 50.7 Å². The van der Waals surface area contributed by atoms with Gasteiger partial charge in [-0.25, -0.2) is 0 Å². The summed E-state index contributed by atoms with van der Waals surface area (Å²) in [6.07, 6.45) is 1.59. The summed E-state index contributed by atoms with van der Waals surface area (Å²) in [4.78, 5) is 23.4. The average Bonchev–Trinajstić information content (AvgIpc) is 3.15. The lowest BCUT2D eigenvalue weighted by Crippen LogP contribution is -2.32. The summed E-state index contributed by atoms with van der Waals surface area (Å²) < 4.78 is 5.91. The van der Waals surface area contributed by atoms with E-state index >= 15 is 0 Å². The molecular formula is C29H45NO5S. The number of carbonyl (C=O) groups excluding carboxylic acids is 1. The van der Waals surface area contributed by atoms with E-state index < -0.39 is 12.1 Å². The summed E-state index contributed by atoms with van der Waals surface area (Å²) >= 11 is 1.51. The molecule has 0 aliphatic rings. The summed E-state index contributed by atoms with van der Waals surface area (Å²) in [7, 11) is 0. The minimum absolute atomic E-state index is 0.169. The first-order chi connectivity index (χ1) is 16.6. The minimum atomic E-state index is -0.713. The third-order valence-electron chi connectivity index (χ3n) is 6.53. The van der Waals surface area contributed by atoms with E-state index in [1.54, 1.807) is 0 Å². The largest absolute Gasteiger partial charge is 0.491 e. The SMILES string of the molecule is CC(C)CC(=O)O.CCC(CC)(c1ccc(OCC(O)C(C)(C)C)c(C)c1)c1cc(C)c(C(N)=O)s1. The number of aliphatic hydroxyl groups is 1. The molecule has 0 spiro atoms. The Labute approximate surface area is 220 Å². The molecular weight excluding hydrogens is 474 g/mol. The highest BCUT2D eigenvalue weighted by molar-refractivity contribution is 7.14. The number of aryl methyl sites for hydroxylation is 2. The molecule has 2 aromatic rings. The molecule has 6 nitrogen and oxygen atoms in total. The van der Waals surface area contributed by atoms with Crippen LogP contribution in [0.15, 0.2) is 24.3 Å². The molecule has 7 heteroatoms. The van der Waals surface area contributed by atoms with E-state index in [-0.39, 0.29) is 35.7 Å². The highest BCUT2D eigenvalue weighted by atomic mass is 32.1. The van der Waals surface area contributed by atoms with E-state index in [1.807, 2.05) is 54.5 Å². The molecule has 202 valence electrons. The fourth-order valence-electron chi connectivity index (χ4n) is 3.99. The molecule has 0 saturated carbocycles. The summed E-state index contributed by atoms with van der Waals surface area (Å²) in [5, 5.41) is 18.3. The van der Waals surface area contributed by atoms with Gasteiger partial charge in [-0.15, -0.1) is 11.3 Å². The van der Waals surface area contributed by atoms with Gasteiger partial charge in [-0.1, -0.05) is 60.6 Å². The lowest BCUT2D eigenvalue weighted by atomic mass is 9.74. The Morgan fingerprint density at radius 2 is 1.64 bits per heavy atom. The van der Waals surface area contributed by atoms with Gasteiger partial charge >= 0.3 is 5.97 Å². The van der Waals surface area contributed by atoms with E-state index in [0.29, 0.717) is 4.88 Å². The van der Waals surface area contributed by atoms with E-state index in [4.69, 9.17) is 15.6 Å². The van der Waals surface area contributed by atoms with Crippen molar-refractivity contribution in [2.45, 2.75) is 93.1 Å². The van der Waals surface area contributed by atoms with Crippen LogP contribution < -0.4 is 10.5 Å². The summed E-state index contributed by atoms with van der Waals surface area (Å²) in [6.45, 7) is 18.4. The van der Waals surface area contributed by atoms with Crippen LogP contribution in [0, 0.1) is 25.2 Å². The number of thiophene rings is 1. The Balaban J connectivity index is 0.000000809. The first-order valence-electron chi connectivity index (χ1n) is 12.6. The van der Waals surface area contributed by atoms with Crippen molar-refractivity contribution in [2.75, 3.05) is 6.61 Å². The fourth-order valence-corrected chi connectivity index (χ4v) is 5.37. The Kier molecular flexibility index (Phi) is 11.6. The van der Waals surface area contributed by atoms with Crippen LogP contribution in [0.4, 0.5) is 0 Å². The number of hydrogen-bond acceptors (Lipinski definition) is 5. The van der Waals surface area contributed by atoms with Gasteiger partial charge in [0.1, 0.15) is 12.4 Å². The zero-order chi connectivity index (χ0) is 27.8. The Morgan fingerprint density at radius 3 is 2.00 bits per heavy atom. The first kappa shape index (κ1) is 31.6. The Bertz CT molecular complexity index is 1020. The van der Waals surface area contributed by atoms with Gasteiger partial charge in [-0.05, 0) is 66.8 Å². The van der Waals surface area contributed by atoms with Crippen molar-refractivity contribution >= 4 is 23.2 Å².